The highest BCUT2D eigenvalue weighted by Crippen LogP contribution is 2.48. The van der Waals surface area contributed by atoms with Gasteiger partial charge in [0.15, 0.2) is 0 Å². The maximum Gasteiger partial charge on any atom is 0.0556 e. The van der Waals surface area contributed by atoms with Crippen molar-refractivity contribution >= 4 is 96.7 Å². The molecule has 0 aliphatic carbocycles. The van der Waals surface area contributed by atoms with Crippen molar-refractivity contribution in [2.75, 3.05) is 0 Å². The monoisotopic (exact) mass is 614 g/mol. The van der Waals surface area contributed by atoms with Crippen LogP contribution in [0.15, 0.2) is 158 Å². The summed E-state index contributed by atoms with van der Waals surface area (Å²) in [5.41, 5.74) is 7.40. The van der Waals surface area contributed by atoms with Crippen LogP contribution in [0.4, 0.5) is 0 Å². The Balaban J connectivity index is 1.29. The SMILES string of the molecule is c1ccc2c(-n3c4ccccc4c4c5sc6c(ccc7c6c6ccccc6n7-c6cccc7ccccc67)c5ccc43)cccc2c1. The van der Waals surface area contributed by atoms with Crippen LogP contribution in [0.3, 0.4) is 0 Å². The summed E-state index contributed by atoms with van der Waals surface area (Å²) in [6, 6.07) is 57.9. The van der Waals surface area contributed by atoms with Gasteiger partial charge in [0.25, 0.3) is 0 Å². The molecule has 2 nitrogen and oxygen atoms in total. The minimum absolute atomic E-state index is 1.22. The van der Waals surface area contributed by atoms with Crippen LogP contribution in [0, 0.1) is 0 Å². The highest BCUT2D eigenvalue weighted by Gasteiger charge is 2.22. The second-order valence-electron chi connectivity index (χ2n) is 12.5. The normalized spacial score (nSPS) is 12.3. The maximum absolute atomic E-state index is 2.47. The third kappa shape index (κ3) is 3.34. The van der Waals surface area contributed by atoms with E-state index < -0.39 is 0 Å². The van der Waals surface area contributed by atoms with E-state index in [9.17, 15) is 0 Å². The lowest BCUT2D eigenvalue weighted by molar-refractivity contribution is 1.20. The highest BCUT2D eigenvalue weighted by atomic mass is 32.1. The molecule has 0 spiro atoms. The Bertz CT molecular complexity index is 2860. The van der Waals surface area contributed by atoms with Gasteiger partial charge in [-0.3, -0.25) is 0 Å². The number of rotatable bonds is 2. The lowest BCUT2D eigenvalue weighted by Crippen LogP contribution is -1.95. The minimum atomic E-state index is 1.22. The largest absolute Gasteiger partial charge is 0.309 e. The molecule has 0 atom stereocenters. The van der Waals surface area contributed by atoms with Crippen molar-refractivity contribution in [3.63, 3.8) is 0 Å². The number of thiophene rings is 1. The Morgan fingerprint density at radius 3 is 1.19 bits per heavy atom. The predicted molar refractivity (Wildman–Crippen MR) is 203 cm³/mol. The van der Waals surface area contributed by atoms with Crippen molar-refractivity contribution in [1.82, 2.24) is 9.13 Å². The second kappa shape index (κ2) is 9.32. The van der Waals surface area contributed by atoms with Gasteiger partial charge in [-0.05, 0) is 47.2 Å². The number of hydrogen-bond donors (Lipinski definition) is 0. The van der Waals surface area contributed by atoms with E-state index in [1.807, 2.05) is 11.3 Å². The van der Waals surface area contributed by atoms with Crippen molar-refractivity contribution in [1.29, 1.82) is 0 Å². The Morgan fingerprint density at radius 1 is 0.298 bits per heavy atom. The molecule has 3 heterocycles. The summed E-state index contributed by atoms with van der Waals surface area (Å²) in [6.45, 7) is 0. The molecule has 11 rings (SSSR count). The average Bonchev–Trinajstić information content (AvgIpc) is 3.78. The quantitative estimate of drug-likeness (QED) is 0.183. The summed E-state index contributed by atoms with van der Waals surface area (Å²) in [4.78, 5) is 0. The van der Waals surface area contributed by atoms with E-state index in [-0.39, 0.29) is 0 Å². The molecule has 0 unspecified atom stereocenters. The molecule has 47 heavy (non-hydrogen) atoms. The van der Waals surface area contributed by atoms with Crippen LogP contribution in [0.5, 0.6) is 0 Å². The van der Waals surface area contributed by atoms with Gasteiger partial charge in [0.05, 0.1) is 33.4 Å². The molecule has 0 bridgehead atoms. The summed E-state index contributed by atoms with van der Waals surface area (Å²) >= 11 is 1.95. The third-order valence-electron chi connectivity index (χ3n) is 10.1. The topological polar surface area (TPSA) is 9.86 Å². The van der Waals surface area contributed by atoms with Gasteiger partial charge in [-0.25, -0.2) is 0 Å². The Hall–Kier alpha value is -5.90. The molecular weight excluding hydrogens is 589 g/mol. The van der Waals surface area contributed by atoms with Crippen molar-refractivity contribution in [3.8, 4) is 11.4 Å². The molecule has 0 N–H and O–H groups in total. The standard InChI is InChI=1S/C44H26N2S/c1-3-15-29-27(11-1)13-9-21-35(29)45-37-19-7-5-17-33(37)41-39(45)25-23-31-32-24-26-40-42(44(32)47-43(31)41)34-18-6-8-20-38(34)46(40)36-22-10-14-28-12-2-4-16-30(28)36/h1-26H. The summed E-state index contributed by atoms with van der Waals surface area (Å²) < 4.78 is 7.64. The molecule has 0 saturated carbocycles. The van der Waals surface area contributed by atoms with E-state index in [1.54, 1.807) is 0 Å². The molecule has 0 aliphatic rings. The first-order valence-corrected chi connectivity index (χ1v) is 16.9. The van der Waals surface area contributed by atoms with Gasteiger partial charge >= 0.3 is 0 Å². The van der Waals surface area contributed by atoms with E-state index in [0.29, 0.717) is 0 Å². The van der Waals surface area contributed by atoms with Gasteiger partial charge in [0.1, 0.15) is 0 Å². The van der Waals surface area contributed by atoms with Crippen LogP contribution in [0.25, 0.3) is 96.7 Å². The van der Waals surface area contributed by atoms with Crippen LogP contribution in [-0.4, -0.2) is 9.13 Å². The van der Waals surface area contributed by atoms with Crippen molar-refractivity contribution < 1.29 is 0 Å². The molecule has 3 aromatic heterocycles. The van der Waals surface area contributed by atoms with Crippen LogP contribution in [0.2, 0.25) is 0 Å². The van der Waals surface area contributed by atoms with Gasteiger partial charge < -0.3 is 9.13 Å². The lowest BCUT2D eigenvalue weighted by Gasteiger charge is -2.11. The van der Waals surface area contributed by atoms with Crippen molar-refractivity contribution in [2.45, 2.75) is 0 Å². The van der Waals surface area contributed by atoms with Gasteiger partial charge in [-0.2, -0.15) is 0 Å². The van der Waals surface area contributed by atoms with Gasteiger partial charge in [0, 0.05) is 52.5 Å². The molecule has 0 fully saturated rings. The average molecular weight is 615 g/mol. The van der Waals surface area contributed by atoms with Crippen LogP contribution in [0.1, 0.15) is 0 Å². The highest BCUT2D eigenvalue weighted by molar-refractivity contribution is 7.27. The molecule has 0 aliphatic heterocycles. The van der Waals surface area contributed by atoms with Gasteiger partial charge in [-0.1, -0.05) is 121 Å². The van der Waals surface area contributed by atoms with Crippen LogP contribution in [-0.2, 0) is 0 Å². The lowest BCUT2D eigenvalue weighted by atomic mass is 10.1. The fourth-order valence-corrected chi connectivity index (χ4v) is 9.53. The number of aromatic nitrogens is 2. The Morgan fingerprint density at radius 2 is 0.702 bits per heavy atom. The summed E-state index contributed by atoms with van der Waals surface area (Å²) in [5.74, 6) is 0. The zero-order chi connectivity index (χ0) is 30.6. The fourth-order valence-electron chi connectivity index (χ4n) is 8.12. The van der Waals surface area contributed by atoms with Crippen molar-refractivity contribution in [3.05, 3.63) is 158 Å². The fraction of sp³-hybridized carbons (Fsp3) is 0. The smallest absolute Gasteiger partial charge is 0.0556 e. The van der Waals surface area contributed by atoms with Gasteiger partial charge in [-0.15, -0.1) is 11.3 Å². The predicted octanol–water partition coefficient (Wildman–Crippen LogP) is 12.6. The second-order valence-corrected chi connectivity index (χ2v) is 13.5. The van der Waals surface area contributed by atoms with E-state index >= 15 is 0 Å². The number of fused-ring (bicyclic) bond motifs is 13. The molecule has 8 aromatic carbocycles. The van der Waals surface area contributed by atoms with Gasteiger partial charge in [0.2, 0.25) is 0 Å². The minimum Gasteiger partial charge on any atom is -0.309 e. The Kier molecular flexibility index (Phi) is 5.02. The molecule has 0 saturated heterocycles. The summed E-state index contributed by atoms with van der Waals surface area (Å²) in [7, 11) is 0. The Labute approximate surface area is 273 Å². The number of para-hydroxylation sites is 2. The molecule has 218 valence electrons. The third-order valence-corrected chi connectivity index (χ3v) is 11.3. The van der Waals surface area contributed by atoms with E-state index in [0.717, 1.165) is 0 Å². The van der Waals surface area contributed by atoms with E-state index in [2.05, 4.69) is 167 Å². The zero-order valence-corrected chi connectivity index (χ0v) is 26.1. The number of nitrogens with zero attached hydrogens (tertiary/aromatic N) is 2. The summed E-state index contributed by atoms with van der Waals surface area (Å²) in [5, 5.41) is 12.9. The first-order valence-electron chi connectivity index (χ1n) is 16.1. The molecule has 0 radical (unpaired) electrons. The molecule has 11 aromatic rings. The number of hydrogen-bond acceptors (Lipinski definition) is 1. The summed E-state index contributed by atoms with van der Waals surface area (Å²) in [6.07, 6.45) is 0. The maximum atomic E-state index is 2.47. The zero-order valence-electron chi connectivity index (χ0n) is 25.3. The van der Waals surface area contributed by atoms with Crippen molar-refractivity contribution in [2.24, 2.45) is 0 Å². The first kappa shape index (κ1) is 25.3. The molecular formula is C44H26N2S. The number of benzene rings is 8. The molecule has 3 heteroatoms. The first-order chi connectivity index (χ1) is 23.3. The van der Waals surface area contributed by atoms with Crippen LogP contribution >= 0.6 is 11.3 Å². The van der Waals surface area contributed by atoms with E-state index in [1.165, 1.54) is 96.7 Å². The van der Waals surface area contributed by atoms with E-state index in [4.69, 9.17) is 0 Å². The van der Waals surface area contributed by atoms with Crippen LogP contribution < -0.4 is 0 Å². The molecule has 0 amide bonds.